The van der Waals surface area contributed by atoms with Crippen molar-refractivity contribution < 1.29 is 19.6 Å². The zero-order valence-electron chi connectivity index (χ0n) is 13.6. The van der Waals surface area contributed by atoms with Crippen molar-refractivity contribution in [3.8, 4) is 5.75 Å². The number of aliphatic hydroxyl groups excluding tert-OH is 1. The number of ether oxygens (including phenoxy) is 1. The molecular weight excluding hydrogens is 326 g/mol. The Morgan fingerprint density at radius 3 is 2.92 bits per heavy atom. The lowest BCUT2D eigenvalue weighted by Gasteiger charge is -2.18. The molecule has 0 saturated heterocycles. The number of aliphatic hydroxyl groups is 1. The highest BCUT2D eigenvalue weighted by Gasteiger charge is 2.24. The normalized spacial score (nSPS) is 15.3. The highest BCUT2D eigenvalue weighted by Crippen LogP contribution is 2.29. The molecule has 1 heterocycles. The van der Waals surface area contributed by atoms with Gasteiger partial charge >= 0.3 is 5.82 Å². The standard InChI is InChI=1S/C17H17N3O5/c1-19-15(18-10-16(19)20(23)24)9-12-3-2-11-8-13(25-7-6-21)4-5-14(11)17(12)22/h4-5,8-10,21H,2-3,6-7H2,1H3. The van der Waals surface area contributed by atoms with E-state index in [1.807, 2.05) is 6.07 Å². The van der Waals surface area contributed by atoms with E-state index < -0.39 is 4.92 Å². The van der Waals surface area contributed by atoms with Crippen LogP contribution in [0.15, 0.2) is 30.0 Å². The van der Waals surface area contributed by atoms with Gasteiger partial charge in [-0.3, -0.25) is 4.79 Å². The van der Waals surface area contributed by atoms with Gasteiger partial charge in [0.1, 0.15) is 18.6 Å². The predicted octanol–water partition coefficient (Wildman–Crippen LogP) is 1.91. The van der Waals surface area contributed by atoms with E-state index in [0.29, 0.717) is 35.6 Å². The first-order chi connectivity index (χ1) is 12.0. The van der Waals surface area contributed by atoms with Crippen LogP contribution >= 0.6 is 0 Å². The molecule has 0 spiro atoms. The van der Waals surface area contributed by atoms with E-state index in [1.54, 1.807) is 25.3 Å². The van der Waals surface area contributed by atoms with Crippen LogP contribution in [-0.2, 0) is 13.5 Å². The predicted molar refractivity (Wildman–Crippen MR) is 89.5 cm³/mol. The number of nitrogens with zero attached hydrogens (tertiary/aromatic N) is 3. The Kier molecular flexibility index (Phi) is 4.62. The Morgan fingerprint density at radius 1 is 1.44 bits per heavy atom. The highest BCUT2D eigenvalue weighted by atomic mass is 16.6. The maximum atomic E-state index is 12.7. The van der Waals surface area contributed by atoms with Gasteiger partial charge < -0.3 is 20.0 Å². The van der Waals surface area contributed by atoms with Crippen LogP contribution in [0.5, 0.6) is 5.75 Å². The average molecular weight is 343 g/mol. The van der Waals surface area contributed by atoms with Crippen LogP contribution in [0.25, 0.3) is 6.08 Å². The Morgan fingerprint density at radius 2 is 2.24 bits per heavy atom. The molecule has 0 radical (unpaired) electrons. The minimum Gasteiger partial charge on any atom is -0.491 e. The Labute approximate surface area is 143 Å². The van der Waals surface area contributed by atoms with Gasteiger partial charge in [-0.25, -0.2) is 9.55 Å². The quantitative estimate of drug-likeness (QED) is 0.505. The largest absolute Gasteiger partial charge is 0.491 e. The van der Waals surface area contributed by atoms with Gasteiger partial charge in [0.2, 0.25) is 5.82 Å². The molecule has 0 amide bonds. The summed E-state index contributed by atoms with van der Waals surface area (Å²) >= 11 is 0. The molecule has 8 nitrogen and oxygen atoms in total. The lowest BCUT2D eigenvalue weighted by atomic mass is 9.86. The van der Waals surface area contributed by atoms with Crippen LogP contribution < -0.4 is 4.74 Å². The number of Topliss-reactive ketones (excluding diaryl/α,β-unsaturated/α-hetero) is 1. The first kappa shape index (κ1) is 16.8. The van der Waals surface area contributed by atoms with Crippen molar-refractivity contribution in [2.45, 2.75) is 12.8 Å². The van der Waals surface area contributed by atoms with Crippen LogP contribution in [0.2, 0.25) is 0 Å². The lowest BCUT2D eigenvalue weighted by molar-refractivity contribution is -0.391. The van der Waals surface area contributed by atoms with E-state index >= 15 is 0 Å². The first-order valence-corrected chi connectivity index (χ1v) is 7.79. The fourth-order valence-electron chi connectivity index (χ4n) is 2.82. The molecule has 0 fully saturated rings. The minimum absolute atomic E-state index is 0.0707. The van der Waals surface area contributed by atoms with E-state index in [-0.39, 0.29) is 24.8 Å². The number of aromatic nitrogens is 2. The summed E-state index contributed by atoms with van der Waals surface area (Å²) in [5.74, 6) is 0.760. The number of rotatable bonds is 5. The second-order valence-corrected chi connectivity index (χ2v) is 5.68. The molecule has 130 valence electrons. The van der Waals surface area contributed by atoms with Gasteiger partial charge in [-0.1, -0.05) is 0 Å². The number of hydrogen-bond acceptors (Lipinski definition) is 6. The van der Waals surface area contributed by atoms with Crippen LogP contribution in [0.1, 0.15) is 28.2 Å². The first-order valence-electron chi connectivity index (χ1n) is 7.79. The molecule has 0 unspecified atom stereocenters. The summed E-state index contributed by atoms with van der Waals surface area (Å²) in [5, 5.41) is 19.7. The lowest BCUT2D eigenvalue weighted by Crippen LogP contribution is -2.15. The van der Waals surface area contributed by atoms with Crippen LogP contribution in [0.4, 0.5) is 5.82 Å². The number of carbonyl (C=O) groups is 1. The van der Waals surface area contributed by atoms with E-state index in [0.717, 1.165) is 5.56 Å². The minimum atomic E-state index is -0.513. The molecule has 0 atom stereocenters. The summed E-state index contributed by atoms with van der Waals surface area (Å²) in [5.41, 5.74) is 2.06. The van der Waals surface area contributed by atoms with Gasteiger partial charge in [0.25, 0.3) is 0 Å². The molecule has 1 aliphatic rings. The molecule has 25 heavy (non-hydrogen) atoms. The van der Waals surface area contributed by atoms with E-state index in [9.17, 15) is 14.9 Å². The fourth-order valence-corrected chi connectivity index (χ4v) is 2.82. The molecule has 3 rings (SSSR count). The number of benzene rings is 1. The van der Waals surface area contributed by atoms with E-state index in [1.165, 1.54) is 10.8 Å². The molecule has 0 aliphatic heterocycles. The number of imidazole rings is 1. The molecule has 1 N–H and O–H groups in total. The van der Waals surface area contributed by atoms with Crippen LogP contribution in [0, 0.1) is 10.1 Å². The number of ketones is 1. The molecule has 1 aromatic carbocycles. The summed E-state index contributed by atoms with van der Waals surface area (Å²) in [6.45, 7) is 0.133. The molecule has 1 aliphatic carbocycles. The molecular formula is C17H17N3O5. The molecule has 0 bridgehead atoms. The number of aryl methyl sites for hydroxylation is 1. The van der Waals surface area contributed by atoms with Crippen molar-refractivity contribution in [2.24, 2.45) is 7.05 Å². The second kappa shape index (κ2) is 6.86. The van der Waals surface area contributed by atoms with Crippen molar-refractivity contribution in [1.82, 2.24) is 9.55 Å². The van der Waals surface area contributed by atoms with Gasteiger partial charge in [-0.2, -0.15) is 0 Å². The Bertz CT molecular complexity index is 869. The maximum Gasteiger partial charge on any atom is 0.342 e. The second-order valence-electron chi connectivity index (χ2n) is 5.68. The van der Waals surface area contributed by atoms with Crippen molar-refractivity contribution in [1.29, 1.82) is 0 Å². The van der Waals surface area contributed by atoms with Crippen LogP contribution in [0.3, 0.4) is 0 Å². The summed E-state index contributed by atoms with van der Waals surface area (Å²) in [7, 11) is 1.55. The van der Waals surface area contributed by atoms with Gasteiger partial charge in [-0.05, 0) is 41.5 Å². The molecule has 8 heteroatoms. The molecule has 0 saturated carbocycles. The summed E-state index contributed by atoms with van der Waals surface area (Å²) in [6.07, 6.45) is 3.97. The topological polar surface area (TPSA) is 107 Å². The number of allylic oxidation sites excluding steroid dienone is 1. The number of nitro groups is 1. The third kappa shape index (κ3) is 3.29. The monoisotopic (exact) mass is 343 g/mol. The van der Waals surface area contributed by atoms with Crippen molar-refractivity contribution in [3.05, 3.63) is 57.0 Å². The van der Waals surface area contributed by atoms with Gasteiger partial charge in [0.05, 0.1) is 13.7 Å². The fraction of sp³-hybridized carbons (Fsp3) is 0.294. The number of fused-ring (bicyclic) bond motifs is 1. The Hall–Kier alpha value is -3.00. The van der Waals surface area contributed by atoms with Crippen molar-refractivity contribution in [3.63, 3.8) is 0 Å². The average Bonchev–Trinajstić information content (AvgIpc) is 2.96. The smallest absolute Gasteiger partial charge is 0.342 e. The maximum absolute atomic E-state index is 12.7. The van der Waals surface area contributed by atoms with Crippen molar-refractivity contribution in [2.75, 3.05) is 13.2 Å². The zero-order valence-corrected chi connectivity index (χ0v) is 13.6. The summed E-state index contributed by atoms with van der Waals surface area (Å²) < 4.78 is 6.72. The summed E-state index contributed by atoms with van der Waals surface area (Å²) in [6, 6.07) is 5.21. The van der Waals surface area contributed by atoms with Gasteiger partial charge in [-0.15, -0.1) is 0 Å². The third-order valence-electron chi connectivity index (χ3n) is 4.13. The summed E-state index contributed by atoms with van der Waals surface area (Å²) in [4.78, 5) is 27.1. The zero-order chi connectivity index (χ0) is 18.0. The Balaban J connectivity index is 1.88. The SMILES string of the molecule is Cn1c([N+](=O)[O-])cnc1C=C1CCc2cc(OCCO)ccc2C1=O. The third-order valence-corrected chi connectivity index (χ3v) is 4.13. The van der Waals surface area contributed by atoms with E-state index in [4.69, 9.17) is 9.84 Å². The molecule has 2 aromatic rings. The number of hydrogen-bond donors (Lipinski definition) is 1. The van der Waals surface area contributed by atoms with Gasteiger partial charge in [0, 0.05) is 17.2 Å². The number of carbonyl (C=O) groups excluding carboxylic acids is 1. The van der Waals surface area contributed by atoms with Crippen molar-refractivity contribution >= 4 is 17.7 Å². The van der Waals surface area contributed by atoms with Gasteiger partial charge in [0.15, 0.2) is 5.78 Å². The molecule has 1 aromatic heterocycles. The van der Waals surface area contributed by atoms with E-state index in [2.05, 4.69) is 4.98 Å². The highest BCUT2D eigenvalue weighted by molar-refractivity contribution is 6.13. The van der Waals surface area contributed by atoms with Crippen LogP contribution in [-0.4, -0.2) is 38.6 Å².